The Hall–Kier alpha value is -1.10. The SMILES string of the molecule is Nc1cc(Br)nc2ccnn12. The number of hydrogen-bond acceptors (Lipinski definition) is 3. The van der Waals surface area contributed by atoms with Crippen molar-refractivity contribution in [2.24, 2.45) is 0 Å². The van der Waals surface area contributed by atoms with Gasteiger partial charge in [0, 0.05) is 12.1 Å². The zero-order valence-corrected chi connectivity index (χ0v) is 7.12. The molecule has 0 saturated carbocycles. The molecule has 56 valence electrons. The van der Waals surface area contributed by atoms with Crippen molar-refractivity contribution in [3.8, 4) is 0 Å². The van der Waals surface area contributed by atoms with Gasteiger partial charge >= 0.3 is 0 Å². The first-order valence-corrected chi connectivity index (χ1v) is 3.82. The number of rotatable bonds is 0. The van der Waals surface area contributed by atoms with Crippen LogP contribution < -0.4 is 5.73 Å². The topological polar surface area (TPSA) is 56.2 Å². The summed E-state index contributed by atoms with van der Waals surface area (Å²) in [7, 11) is 0. The van der Waals surface area contributed by atoms with Gasteiger partial charge in [0.1, 0.15) is 10.4 Å². The first kappa shape index (κ1) is 6.60. The molecule has 0 radical (unpaired) electrons. The Morgan fingerprint density at radius 3 is 3.18 bits per heavy atom. The maximum Gasteiger partial charge on any atom is 0.158 e. The zero-order valence-electron chi connectivity index (χ0n) is 5.53. The van der Waals surface area contributed by atoms with Crippen LogP contribution in [0.25, 0.3) is 5.65 Å². The van der Waals surface area contributed by atoms with Crippen LogP contribution in [0.2, 0.25) is 0 Å². The Kier molecular flexibility index (Phi) is 1.32. The van der Waals surface area contributed by atoms with E-state index in [4.69, 9.17) is 5.73 Å². The van der Waals surface area contributed by atoms with Crippen molar-refractivity contribution < 1.29 is 0 Å². The summed E-state index contributed by atoms with van der Waals surface area (Å²) in [6, 6.07) is 3.50. The second-order valence-electron chi connectivity index (χ2n) is 2.10. The minimum atomic E-state index is 0.576. The number of halogens is 1. The molecular weight excluding hydrogens is 208 g/mol. The van der Waals surface area contributed by atoms with Gasteiger partial charge in [0.25, 0.3) is 0 Å². The molecular formula is C6H5BrN4. The quantitative estimate of drug-likeness (QED) is 0.666. The molecule has 0 unspecified atom stereocenters. The minimum absolute atomic E-state index is 0.576. The summed E-state index contributed by atoms with van der Waals surface area (Å²) in [5.74, 6) is 0.576. The number of nitrogens with zero attached hydrogens (tertiary/aromatic N) is 3. The highest BCUT2D eigenvalue weighted by molar-refractivity contribution is 9.10. The molecule has 0 aromatic carbocycles. The van der Waals surface area contributed by atoms with Gasteiger partial charge in [0.2, 0.25) is 0 Å². The van der Waals surface area contributed by atoms with E-state index in [1.807, 2.05) is 0 Å². The molecule has 0 saturated heterocycles. The van der Waals surface area contributed by atoms with E-state index in [-0.39, 0.29) is 0 Å². The van der Waals surface area contributed by atoms with Crippen LogP contribution in [0, 0.1) is 0 Å². The zero-order chi connectivity index (χ0) is 7.84. The van der Waals surface area contributed by atoms with Gasteiger partial charge in [-0.2, -0.15) is 9.61 Å². The lowest BCUT2D eigenvalue weighted by molar-refractivity contribution is 0.947. The third-order valence-corrected chi connectivity index (χ3v) is 1.76. The summed E-state index contributed by atoms with van der Waals surface area (Å²) >= 11 is 3.24. The van der Waals surface area contributed by atoms with E-state index in [1.54, 1.807) is 22.8 Å². The standard InChI is InChI=1S/C6H5BrN4/c7-4-3-5(8)11-6(10-4)1-2-9-11/h1-3H,8H2. The van der Waals surface area contributed by atoms with Crippen LogP contribution in [0.4, 0.5) is 5.82 Å². The van der Waals surface area contributed by atoms with E-state index >= 15 is 0 Å². The van der Waals surface area contributed by atoms with Gasteiger partial charge in [-0.25, -0.2) is 4.98 Å². The molecule has 0 aliphatic carbocycles. The smallest absolute Gasteiger partial charge is 0.158 e. The van der Waals surface area contributed by atoms with E-state index in [0.717, 1.165) is 10.3 Å². The normalized spacial score (nSPS) is 10.6. The second kappa shape index (κ2) is 2.20. The van der Waals surface area contributed by atoms with Gasteiger partial charge in [0.15, 0.2) is 5.65 Å². The molecule has 0 aliphatic rings. The number of fused-ring (bicyclic) bond motifs is 1. The molecule has 0 atom stereocenters. The van der Waals surface area contributed by atoms with Crippen LogP contribution in [-0.2, 0) is 0 Å². The van der Waals surface area contributed by atoms with E-state index in [0.29, 0.717) is 5.82 Å². The van der Waals surface area contributed by atoms with Crippen LogP contribution in [-0.4, -0.2) is 14.6 Å². The molecule has 2 N–H and O–H groups in total. The number of nitrogens with two attached hydrogens (primary N) is 1. The predicted octanol–water partition coefficient (Wildman–Crippen LogP) is 1.07. The molecule has 2 aromatic heterocycles. The van der Waals surface area contributed by atoms with Gasteiger partial charge in [-0.3, -0.25) is 0 Å². The van der Waals surface area contributed by atoms with Crippen molar-refractivity contribution in [3.63, 3.8) is 0 Å². The first-order valence-electron chi connectivity index (χ1n) is 3.03. The number of anilines is 1. The fourth-order valence-electron chi connectivity index (χ4n) is 0.905. The molecule has 4 nitrogen and oxygen atoms in total. The number of hydrogen-bond donors (Lipinski definition) is 1. The van der Waals surface area contributed by atoms with Crippen molar-refractivity contribution in [3.05, 3.63) is 22.9 Å². The van der Waals surface area contributed by atoms with Crippen LogP contribution in [0.3, 0.4) is 0 Å². The van der Waals surface area contributed by atoms with Gasteiger partial charge in [-0.05, 0) is 15.9 Å². The summed E-state index contributed by atoms with van der Waals surface area (Å²) in [6.45, 7) is 0. The summed E-state index contributed by atoms with van der Waals surface area (Å²) in [5, 5.41) is 3.97. The molecule has 5 heteroatoms. The van der Waals surface area contributed by atoms with Crippen LogP contribution in [0.5, 0.6) is 0 Å². The summed E-state index contributed by atoms with van der Waals surface area (Å²) < 4.78 is 2.30. The molecule has 0 amide bonds. The summed E-state index contributed by atoms with van der Waals surface area (Å²) in [5.41, 5.74) is 6.38. The Balaban J connectivity index is 2.91. The highest BCUT2D eigenvalue weighted by atomic mass is 79.9. The van der Waals surface area contributed by atoms with Gasteiger partial charge in [-0.1, -0.05) is 0 Å². The van der Waals surface area contributed by atoms with Crippen LogP contribution in [0.15, 0.2) is 22.9 Å². The average Bonchev–Trinajstić information content (AvgIpc) is 2.34. The van der Waals surface area contributed by atoms with E-state index in [2.05, 4.69) is 26.0 Å². The van der Waals surface area contributed by atoms with Crippen molar-refractivity contribution in [2.45, 2.75) is 0 Å². The van der Waals surface area contributed by atoms with Crippen LogP contribution in [0.1, 0.15) is 0 Å². The van der Waals surface area contributed by atoms with Gasteiger partial charge < -0.3 is 5.73 Å². The molecule has 2 rings (SSSR count). The second-order valence-corrected chi connectivity index (χ2v) is 2.92. The van der Waals surface area contributed by atoms with Crippen molar-refractivity contribution in [2.75, 3.05) is 5.73 Å². The third-order valence-electron chi connectivity index (χ3n) is 1.36. The molecule has 0 fully saturated rings. The Morgan fingerprint density at radius 2 is 2.36 bits per heavy atom. The van der Waals surface area contributed by atoms with Crippen molar-refractivity contribution >= 4 is 27.4 Å². The van der Waals surface area contributed by atoms with Crippen molar-refractivity contribution in [1.82, 2.24) is 14.6 Å². The highest BCUT2D eigenvalue weighted by Crippen LogP contribution is 2.12. The lowest BCUT2D eigenvalue weighted by Crippen LogP contribution is -1.99. The van der Waals surface area contributed by atoms with E-state index in [9.17, 15) is 0 Å². The molecule has 0 spiro atoms. The van der Waals surface area contributed by atoms with Crippen LogP contribution >= 0.6 is 15.9 Å². The number of aromatic nitrogens is 3. The van der Waals surface area contributed by atoms with Gasteiger partial charge in [0.05, 0.1) is 6.20 Å². The summed E-state index contributed by atoms with van der Waals surface area (Å²) in [4.78, 5) is 4.13. The third kappa shape index (κ3) is 0.970. The van der Waals surface area contributed by atoms with E-state index in [1.165, 1.54) is 0 Å². The largest absolute Gasteiger partial charge is 0.383 e. The number of nitrogen functional groups attached to an aromatic ring is 1. The molecule has 2 heterocycles. The highest BCUT2D eigenvalue weighted by Gasteiger charge is 1.99. The maximum atomic E-state index is 5.63. The fraction of sp³-hybridized carbons (Fsp3) is 0. The Bertz CT molecular complexity index is 394. The van der Waals surface area contributed by atoms with Gasteiger partial charge in [-0.15, -0.1) is 0 Å². The predicted molar refractivity (Wildman–Crippen MR) is 45.1 cm³/mol. The summed E-state index contributed by atoms with van der Waals surface area (Å²) in [6.07, 6.45) is 1.66. The minimum Gasteiger partial charge on any atom is -0.383 e. The van der Waals surface area contributed by atoms with E-state index < -0.39 is 0 Å². The molecule has 11 heavy (non-hydrogen) atoms. The molecule has 2 aromatic rings. The van der Waals surface area contributed by atoms with Crippen molar-refractivity contribution in [1.29, 1.82) is 0 Å². The molecule has 0 bridgehead atoms. The lowest BCUT2D eigenvalue weighted by atomic mass is 10.6. The monoisotopic (exact) mass is 212 g/mol. The Morgan fingerprint density at radius 1 is 1.55 bits per heavy atom. The Labute approximate surface area is 71.2 Å². The fourth-order valence-corrected chi connectivity index (χ4v) is 1.32. The average molecular weight is 213 g/mol. The molecule has 0 aliphatic heterocycles. The lowest BCUT2D eigenvalue weighted by Gasteiger charge is -1.97. The first-order chi connectivity index (χ1) is 5.27. The maximum absolute atomic E-state index is 5.63.